The van der Waals surface area contributed by atoms with Crippen LogP contribution in [0.1, 0.15) is 0 Å². The number of rotatable bonds is 3. The summed E-state index contributed by atoms with van der Waals surface area (Å²) >= 11 is 0. The zero-order valence-corrected chi connectivity index (χ0v) is 18.2. The first-order chi connectivity index (χ1) is 16.7. The minimum atomic E-state index is 0.678. The molecule has 0 fully saturated rings. The largest absolute Gasteiger partial charge is 0.345 e. The van der Waals surface area contributed by atoms with Crippen molar-refractivity contribution in [1.29, 1.82) is 0 Å². The van der Waals surface area contributed by atoms with Crippen molar-refractivity contribution in [1.82, 2.24) is 39.3 Å². The highest BCUT2D eigenvalue weighted by Gasteiger charge is 2.14. The zero-order valence-electron chi connectivity index (χ0n) is 18.2. The third-order valence-electron chi connectivity index (χ3n) is 6.14. The number of hydrogen-bond donors (Lipinski definition) is 1. The van der Waals surface area contributed by atoms with Gasteiger partial charge >= 0.3 is 0 Å². The molecule has 0 aliphatic heterocycles. The van der Waals surface area contributed by atoms with Crippen LogP contribution in [0.5, 0.6) is 0 Å². The molecule has 8 nitrogen and oxygen atoms in total. The third kappa shape index (κ3) is 2.89. The van der Waals surface area contributed by atoms with Crippen LogP contribution in [0, 0.1) is 0 Å². The van der Waals surface area contributed by atoms with Crippen molar-refractivity contribution in [3.05, 3.63) is 85.8 Å². The number of aromatic nitrogens is 8. The normalized spacial score (nSPS) is 11.7. The zero-order chi connectivity index (χ0) is 22.6. The van der Waals surface area contributed by atoms with Crippen molar-refractivity contribution in [3.63, 3.8) is 0 Å². The van der Waals surface area contributed by atoms with Gasteiger partial charge in [0.1, 0.15) is 5.65 Å². The molecule has 162 valence electrons. The second-order valence-electron chi connectivity index (χ2n) is 8.28. The van der Waals surface area contributed by atoms with Crippen molar-refractivity contribution in [3.8, 4) is 33.6 Å². The lowest BCUT2D eigenvalue weighted by molar-refractivity contribution is 0.768. The molecule has 1 aromatic carbocycles. The highest BCUT2D eigenvalue weighted by Crippen LogP contribution is 2.32. The Labute approximate surface area is 193 Å². The van der Waals surface area contributed by atoms with Crippen LogP contribution in [0.15, 0.2) is 85.8 Å². The number of hydrogen-bond acceptors (Lipinski definition) is 5. The van der Waals surface area contributed by atoms with Crippen LogP contribution >= 0.6 is 0 Å². The topological polar surface area (TPSA) is 89.6 Å². The summed E-state index contributed by atoms with van der Waals surface area (Å²) in [5.41, 5.74) is 7.92. The van der Waals surface area contributed by atoms with E-state index in [1.807, 2.05) is 73.0 Å². The van der Waals surface area contributed by atoms with Gasteiger partial charge in [-0.2, -0.15) is 10.2 Å². The maximum absolute atomic E-state index is 4.80. The van der Waals surface area contributed by atoms with E-state index in [4.69, 9.17) is 4.98 Å². The Kier molecular flexibility index (Phi) is 3.89. The Morgan fingerprint density at radius 3 is 2.74 bits per heavy atom. The molecule has 0 aliphatic carbocycles. The number of nitrogens with one attached hydrogen (secondary N) is 1. The molecule has 8 heteroatoms. The molecule has 0 bridgehead atoms. The fourth-order valence-corrected chi connectivity index (χ4v) is 4.43. The van der Waals surface area contributed by atoms with Crippen molar-refractivity contribution in [2.45, 2.75) is 0 Å². The van der Waals surface area contributed by atoms with Gasteiger partial charge in [-0.3, -0.25) is 9.67 Å². The summed E-state index contributed by atoms with van der Waals surface area (Å²) in [5.74, 6) is 0.678. The summed E-state index contributed by atoms with van der Waals surface area (Å²) < 4.78 is 3.67. The van der Waals surface area contributed by atoms with Gasteiger partial charge in [-0.25, -0.2) is 14.5 Å². The van der Waals surface area contributed by atoms with E-state index in [2.05, 4.69) is 43.3 Å². The summed E-state index contributed by atoms with van der Waals surface area (Å²) in [4.78, 5) is 17.2. The van der Waals surface area contributed by atoms with E-state index in [0.717, 1.165) is 55.3 Å². The van der Waals surface area contributed by atoms with E-state index >= 15 is 0 Å². The number of aromatic amines is 1. The molecule has 1 N–H and O–H groups in total. The van der Waals surface area contributed by atoms with Gasteiger partial charge < -0.3 is 4.98 Å². The second kappa shape index (κ2) is 7.08. The molecule has 6 heterocycles. The standard InChI is InChI=1S/C26H18N8/c1-33-15-19(11-30-33)21-14-31-34-8-6-16(10-24(21)34)20-12-29-26-22(20)13-28-25(32-26)18-4-5-23-17(9-18)3-2-7-27-23/h2-15H,1H3,(H,28,29,32). The Bertz CT molecular complexity index is 1840. The van der Waals surface area contributed by atoms with Gasteiger partial charge in [0, 0.05) is 71.1 Å². The van der Waals surface area contributed by atoms with E-state index in [1.165, 1.54) is 0 Å². The summed E-state index contributed by atoms with van der Waals surface area (Å²) in [6, 6.07) is 14.3. The molecular formula is C26H18N8. The van der Waals surface area contributed by atoms with Crippen LogP contribution in [-0.4, -0.2) is 39.3 Å². The average Bonchev–Trinajstić information content (AvgIpc) is 3.60. The fraction of sp³-hybridized carbons (Fsp3) is 0.0385. The van der Waals surface area contributed by atoms with Crippen LogP contribution in [0.4, 0.5) is 0 Å². The lowest BCUT2D eigenvalue weighted by Crippen LogP contribution is -1.90. The van der Waals surface area contributed by atoms with E-state index in [1.54, 1.807) is 10.9 Å². The van der Waals surface area contributed by atoms with Gasteiger partial charge in [0.2, 0.25) is 0 Å². The van der Waals surface area contributed by atoms with Crippen LogP contribution in [0.3, 0.4) is 0 Å². The average molecular weight is 442 g/mol. The molecule has 0 amide bonds. The predicted octanol–water partition coefficient (Wildman–Crippen LogP) is 4.89. The lowest BCUT2D eigenvalue weighted by Gasteiger charge is -2.04. The molecule has 0 saturated heterocycles. The molecule has 0 spiro atoms. The van der Waals surface area contributed by atoms with E-state index in [-0.39, 0.29) is 0 Å². The molecule has 0 atom stereocenters. The predicted molar refractivity (Wildman–Crippen MR) is 131 cm³/mol. The van der Waals surface area contributed by atoms with Crippen molar-refractivity contribution in [2.24, 2.45) is 7.05 Å². The van der Waals surface area contributed by atoms with E-state index in [0.29, 0.717) is 5.82 Å². The highest BCUT2D eigenvalue weighted by molar-refractivity contribution is 5.95. The second-order valence-corrected chi connectivity index (χ2v) is 8.28. The molecule has 7 aromatic rings. The van der Waals surface area contributed by atoms with Crippen LogP contribution in [-0.2, 0) is 7.05 Å². The highest BCUT2D eigenvalue weighted by atomic mass is 15.2. The van der Waals surface area contributed by atoms with Crippen LogP contribution < -0.4 is 0 Å². The lowest BCUT2D eigenvalue weighted by atomic mass is 10.1. The first-order valence-electron chi connectivity index (χ1n) is 10.9. The molecule has 0 saturated carbocycles. The van der Waals surface area contributed by atoms with Gasteiger partial charge in [0.05, 0.1) is 23.4 Å². The molecule has 6 aromatic heterocycles. The third-order valence-corrected chi connectivity index (χ3v) is 6.14. The number of nitrogens with zero attached hydrogens (tertiary/aromatic N) is 7. The number of aryl methyl sites for hydroxylation is 1. The minimum Gasteiger partial charge on any atom is -0.345 e. The Balaban J connectivity index is 1.32. The number of fused-ring (bicyclic) bond motifs is 3. The smallest absolute Gasteiger partial charge is 0.161 e. The summed E-state index contributed by atoms with van der Waals surface area (Å²) in [6.07, 6.45) is 13.4. The van der Waals surface area contributed by atoms with Crippen molar-refractivity contribution in [2.75, 3.05) is 0 Å². The van der Waals surface area contributed by atoms with Crippen molar-refractivity contribution >= 4 is 27.5 Å². The van der Waals surface area contributed by atoms with E-state index in [9.17, 15) is 0 Å². The first-order valence-corrected chi connectivity index (χ1v) is 10.9. The molecular weight excluding hydrogens is 424 g/mol. The number of benzene rings is 1. The molecule has 7 rings (SSSR count). The van der Waals surface area contributed by atoms with Crippen LogP contribution in [0.2, 0.25) is 0 Å². The monoisotopic (exact) mass is 442 g/mol. The van der Waals surface area contributed by atoms with Gasteiger partial charge in [-0.05, 0) is 42.0 Å². The van der Waals surface area contributed by atoms with Gasteiger partial charge in [0.15, 0.2) is 5.82 Å². The Morgan fingerprint density at radius 1 is 0.853 bits per heavy atom. The summed E-state index contributed by atoms with van der Waals surface area (Å²) in [7, 11) is 1.91. The maximum atomic E-state index is 4.80. The number of H-pyrrole nitrogens is 1. The molecule has 0 radical (unpaired) electrons. The van der Waals surface area contributed by atoms with Gasteiger partial charge in [-0.15, -0.1) is 0 Å². The van der Waals surface area contributed by atoms with Gasteiger partial charge in [-0.1, -0.05) is 6.07 Å². The quantitative estimate of drug-likeness (QED) is 0.421. The summed E-state index contributed by atoms with van der Waals surface area (Å²) in [5, 5.41) is 10.8. The molecule has 0 unspecified atom stereocenters. The fourth-order valence-electron chi connectivity index (χ4n) is 4.43. The van der Waals surface area contributed by atoms with Crippen molar-refractivity contribution < 1.29 is 0 Å². The summed E-state index contributed by atoms with van der Waals surface area (Å²) in [6.45, 7) is 0. The number of pyridine rings is 2. The Morgan fingerprint density at radius 2 is 1.82 bits per heavy atom. The molecule has 0 aliphatic rings. The van der Waals surface area contributed by atoms with Crippen LogP contribution in [0.25, 0.3) is 61.1 Å². The first kappa shape index (κ1) is 18.7. The maximum Gasteiger partial charge on any atom is 0.161 e. The SMILES string of the molecule is Cn1cc(-c2cnn3ccc(-c4c[nH]c5nc(-c6ccc7ncccc7c6)ncc45)cc23)cn1. The van der Waals surface area contributed by atoms with E-state index < -0.39 is 0 Å². The Hall–Kier alpha value is -4.85. The minimum absolute atomic E-state index is 0.678. The molecule has 34 heavy (non-hydrogen) atoms. The van der Waals surface area contributed by atoms with Gasteiger partial charge in [0.25, 0.3) is 0 Å².